The van der Waals surface area contributed by atoms with Gasteiger partial charge < -0.3 is 15.2 Å². The summed E-state index contributed by atoms with van der Waals surface area (Å²) in [5.74, 6) is -0.531. The second kappa shape index (κ2) is 6.46. The van der Waals surface area contributed by atoms with E-state index in [4.69, 9.17) is 38.4 Å². The second-order valence-electron chi connectivity index (χ2n) is 4.44. The molecule has 4 nitrogen and oxygen atoms in total. The highest BCUT2D eigenvalue weighted by molar-refractivity contribution is 6.37. The van der Waals surface area contributed by atoms with E-state index in [2.05, 4.69) is 0 Å². The van der Waals surface area contributed by atoms with Crippen molar-refractivity contribution in [2.75, 3.05) is 18.9 Å². The standard InChI is InChI=1S/C13H15Cl2NO3/c14-8-5-10(12(16)11(15)6-8)13(17)19-7-9-3-1-2-4-18-9/h5-6,9H,1-4,7,16H2. The number of carbonyl (C=O) groups is 1. The van der Waals surface area contributed by atoms with Gasteiger partial charge in [-0.1, -0.05) is 23.2 Å². The largest absolute Gasteiger partial charge is 0.459 e. The molecule has 1 aliphatic rings. The quantitative estimate of drug-likeness (QED) is 0.687. The molecule has 0 aliphatic carbocycles. The van der Waals surface area contributed by atoms with Gasteiger partial charge in [0.1, 0.15) is 6.61 Å². The zero-order valence-electron chi connectivity index (χ0n) is 10.3. The van der Waals surface area contributed by atoms with E-state index in [1.165, 1.54) is 12.1 Å². The lowest BCUT2D eigenvalue weighted by molar-refractivity contribution is -0.0299. The van der Waals surface area contributed by atoms with Crippen LogP contribution in [-0.4, -0.2) is 25.3 Å². The van der Waals surface area contributed by atoms with Crippen molar-refractivity contribution >= 4 is 34.9 Å². The van der Waals surface area contributed by atoms with E-state index >= 15 is 0 Å². The van der Waals surface area contributed by atoms with Crippen molar-refractivity contribution in [3.05, 3.63) is 27.7 Å². The molecular weight excluding hydrogens is 289 g/mol. The van der Waals surface area contributed by atoms with Crippen LogP contribution in [0.5, 0.6) is 0 Å². The number of benzene rings is 1. The van der Waals surface area contributed by atoms with Gasteiger partial charge in [-0.3, -0.25) is 0 Å². The molecule has 1 heterocycles. The van der Waals surface area contributed by atoms with Crippen molar-refractivity contribution < 1.29 is 14.3 Å². The Hall–Kier alpha value is -0.970. The minimum atomic E-state index is -0.531. The molecule has 0 amide bonds. The Morgan fingerprint density at radius 1 is 1.42 bits per heavy atom. The summed E-state index contributed by atoms with van der Waals surface area (Å²) >= 11 is 11.7. The predicted octanol–water partition coefficient (Wildman–Crippen LogP) is 3.30. The van der Waals surface area contributed by atoms with E-state index < -0.39 is 5.97 Å². The number of rotatable bonds is 3. The van der Waals surface area contributed by atoms with Crippen LogP contribution >= 0.6 is 23.2 Å². The monoisotopic (exact) mass is 303 g/mol. The van der Waals surface area contributed by atoms with Gasteiger partial charge in [0.25, 0.3) is 0 Å². The molecule has 1 fully saturated rings. The van der Waals surface area contributed by atoms with Crippen LogP contribution in [0, 0.1) is 0 Å². The minimum Gasteiger partial charge on any atom is -0.459 e. The Labute approximate surface area is 121 Å². The Balaban J connectivity index is 1.99. The van der Waals surface area contributed by atoms with Crippen LogP contribution in [0.2, 0.25) is 10.0 Å². The lowest BCUT2D eigenvalue weighted by atomic mass is 10.1. The fourth-order valence-corrected chi connectivity index (χ4v) is 2.43. The molecular formula is C13H15Cl2NO3. The SMILES string of the molecule is Nc1c(Cl)cc(Cl)cc1C(=O)OCC1CCCCO1. The van der Waals surface area contributed by atoms with Gasteiger partial charge in [0.05, 0.1) is 22.4 Å². The number of hydrogen-bond acceptors (Lipinski definition) is 4. The summed E-state index contributed by atoms with van der Waals surface area (Å²) in [5, 5.41) is 0.591. The summed E-state index contributed by atoms with van der Waals surface area (Å²) in [6.45, 7) is 0.940. The highest BCUT2D eigenvalue weighted by Crippen LogP contribution is 2.28. The van der Waals surface area contributed by atoms with Crippen molar-refractivity contribution in [2.24, 2.45) is 0 Å². The Morgan fingerprint density at radius 2 is 2.21 bits per heavy atom. The molecule has 0 radical (unpaired) electrons. The van der Waals surface area contributed by atoms with Crippen molar-refractivity contribution in [3.63, 3.8) is 0 Å². The summed E-state index contributed by atoms with van der Waals surface area (Å²) in [4.78, 5) is 11.9. The maximum absolute atomic E-state index is 11.9. The lowest BCUT2D eigenvalue weighted by Crippen LogP contribution is -2.26. The third-order valence-electron chi connectivity index (χ3n) is 2.99. The van der Waals surface area contributed by atoms with Crippen molar-refractivity contribution in [1.82, 2.24) is 0 Å². The summed E-state index contributed by atoms with van der Waals surface area (Å²) in [6, 6.07) is 2.94. The van der Waals surface area contributed by atoms with E-state index in [1.54, 1.807) is 0 Å². The molecule has 0 bridgehead atoms. The Morgan fingerprint density at radius 3 is 2.89 bits per heavy atom. The number of esters is 1. The summed E-state index contributed by atoms with van der Waals surface area (Å²) in [5.41, 5.74) is 6.11. The molecule has 2 N–H and O–H groups in total. The smallest absolute Gasteiger partial charge is 0.340 e. The van der Waals surface area contributed by atoms with Gasteiger partial charge in [-0.05, 0) is 31.4 Å². The van der Waals surface area contributed by atoms with Crippen LogP contribution in [0.1, 0.15) is 29.6 Å². The van der Waals surface area contributed by atoms with Gasteiger partial charge >= 0.3 is 5.97 Å². The molecule has 1 unspecified atom stereocenters. The van der Waals surface area contributed by atoms with Crippen molar-refractivity contribution in [1.29, 1.82) is 0 Å². The molecule has 0 aromatic heterocycles. The molecule has 1 aliphatic heterocycles. The fourth-order valence-electron chi connectivity index (χ4n) is 1.94. The zero-order chi connectivity index (χ0) is 13.8. The Kier molecular flexibility index (Phi) is 4.91. The summed E-state index contributed by atoms with van der Waals surface area (Å²) < 4.78 is 10.7. The van der Waals surface area contributed by atoms with Gasteiger partial charge in [0.15, 0.2) is 0 Å². The van der Waals surface area contributed by atoms with Crippen molar-refractivity contribution in [3.8, 4) is 0 Å². The number of nitrogen functional groups attached to an aromatic ring is 1. The normalized spacial score (nSPS) is 19.2. The van der Waals surface area contributed by atoms with Crippen LogP contribution in [0.25, 0.3) is 0 Å². The highest BCUT2D eigenvalue weighted by Gasteiger charge is 2.19. The number of carbonyl (C=O) groups excluding carboxylic acids is 1. The van der Waals surface area contributed by atoms with Gasteiger partial charge in [-0.2, -0.15) is 0 Å². The van der Waals surface area contributed by atoms with Crippen LogP contribution in [0.3, 0.4) is 0 Å². The van der Waals surface area contributed by atoms with Gasteiger partial charge in [0, 0.05) is 11.6 Å². The second-order valence-corrected chi connectivity index (χ2v) is 5.28. The minimum absolute atomic E-state index is 0.0337. The van der Waals surface area contributed by atoms with Crippen LogP contribution in [-0.2, 0) is 9.47 Å². The average Bonchev–Trinajstić information content (AvgIpc) is 2.41. The average molecular weight is 304 g/mol. The molecule has 1 saturated heterocycles. The first-order chi connectivity index (χ1) is 9.08. The molecule has 6 heteroatoms. The predicted molar refractivity (Wildman–Crippen MR) is 74.7 cm³/mol. The van der Waals surface area contributed by atoms with E-state index in [0.717, 1.165) is 19.3 Å². The topological polar surface area (TPSA) is 61.6 Å². The fraction of sp³-hybridized carbons (Fsp3) is 0.462. The molecule has 104 valence electrons. The number of ether oxygens (including phenoxy) is 2. The Bertz CT molecular complexity index is 473. The first-order valence-electron chi connectivity index (χ1n) is 6.11. The number of anilines is 1. The maximum Gasteiger partial charge on any atom is 0.340 e. The molecule has 0 spiro atoms. The van der Waals surface area contributed by atoms with Crippen LogP contribution < -0.4 is 5.73 Å². The highest BCUT2D eigenvalue weighted by atomic mass is 35.5. The molecule has 1 atom stereocenters. The number of halogens is 2. The first-order valence-corrected chi connectivity index (χ1v) is 6.87. The van der Waals surface area contributed by atoms with Crippen molar-refractivity contribution in [2.45, 2.75) is 25.4 Å². The molecule has 1 aromatic carbocycles. The lowest BCUT2D eigenvalue weighted by Gasteiger charge is -2.22. The van der Waals surface area contributed by atoms with E-state index in [1.807, 2.05) is 0 Å². The first kappa shape index (κ1) is 14.4. The van der Waals surface area contributed by atoms with E-state index in [-0.39, 0.29) is 29.0 Å². The van der Waals surface area contributed by atoms with Crippen LogP contribution in [0.15, 0.2) is 12.1 Å². The molecule has 2 rings (SSSR count). The zero-order valence-corrected chi connectivity index (χ0v) is 11.8. The summed E-state index contributed by atoms with van der Waals surface area (Å²) in [6.07, 6.45) is 3.02. The maximum atomic E-state index is 11.9. The van der Waals surface area contributed by atoms with Gasteiger partial charge in [0.2, 0.25) is 0 Å². The van der Waals surface area contributed by atoms with E-state index in [0.29, 0.717) is 11.6 Å². The molecule has 0 saturated carbocycles. The third-order valence-corrected chi connectivity index (χ3v) is 3.52. The van der Waals surface area contributed by atoms with E-state index in [9.17, 15) is 4.79 Å². The third kappa shape index (κ3) is 3.75. The number of hydrogen-bond donors (Lipinski definition) is 1. The molecule has 1 aromatic rings. The van der Waals surface area contributed by atoms with Gasteiger partial charge in [-0.25, -0.2) is 4.79 Å². The summed E-state index contributed by atoms with van der Waals surface area (Å²) in [7, 11) is 0. The number of nitrogens with two attached hydrogens (primary N) is 1. The van der Waals surface area contributed by atoms with Gasteiger partial charge in [-0.15, -0.1) is 0 Å². The molecule has 19 heavy (non-hydrogen) atoms. The van der Waals surface area contributed by atoms with Crippen LogP contribution in [0.4, 0.5) is 5.69 Å².